The summed E-state index contributed by atoms with van der Waals surface area (Å²) < 4.78 is 1.83. The molecule has 0 atom stereocenters. The van der Waals surface area contributed by atoms with Gasteiger partial charge in [0.15, 0.2) is 0 Å². The molecule has 5 heteroatoms. The van der Waals surface area contributed by atoms with Gasteiger partial charge in [0.1, 0.15) is 5.69 Å². The van der Waals surface area contributed by atoms with Crippen LogP contribution in [0.25, 0.3) is 11.4 Å². The van der Waals surface area contributed by atoms with E-state index in [1.807, 2.05) is 11.6 Å². The van der Waals surface area contributed by atoms with Crippen molar-refractivity contribution in [3.63, 3.8) is 0 Å². The Morgan fingerprint density at radius 1 is 1.46 bits per heavy atom. The smallest absolute Gasteiger partial charge is 0.264 e. The molecule has 0 saturated heterocycles. The number of hydrogen-bond donors (Lipinski definition) is 1. The highest BCUT2D eigenvalue weighted by Crippen LogP contribution is 2.11. The number of imidazole rings is 1. The molecule has 2 aromatic rings. The Morgan fingerprint density at radius 3 is 2.85 bits per heavy atom. The molecule has 0 radical (unpaired) electrons. The normalized spacial score (nSPS) is 10.2. The summed E-state index contributed by atoms with van der Waals surface area (Å²) in [6, 6.07) is 3.10. The predicted molar refractivity (Wildman–Crippen MR) is 47.1 cm³/mol. The monoisotopic (exact) mass is 176 g/mol. The van der Waals surface area contributed by atoms with E-state index < -0.39 is 0 Å². The zero-order valence-corrected chi connectivity index (χ0v) is 7.06. The number of aromatic nitrogens is 4. The van der Waals surface area contributed by atoms with Gasteiger partial charge in [-0.3, -0.25) is 4.79 Å². The number of nitrogens with one attached hydrogen (secondary N) is 1. The van der Waals surface area contributed by atoms with Crippen LogP contribution in [0.2, 0.25) is 0 Å². The van der Waals surface area contributed by atoms with Gasteiger partial charge in [0, 0.05) is 13.1 Å². The van der Waals surface area contributed by atoms with Gasteiger partial charge < -0.3 is 4.57 Å². The first-order chi connectivity index (χ1) is 6.27. The van der Waals surface area contributed by atoms with Gasteiger partial charge in [-0.1, -0.05) is 0 Å². The lowest BCUT2D eigenvalue weighted by Gasteiger charge is -1.98. The molecule has 2 heterocycles. The summed E-state index contributed by atoms with van der Waals surface area (Å²) in [7, 11) is 1.87. The summed E-state index contributed by atoms with van der Waals surface area (Å²) >= 11 is 0. The Balaban J connectivity index is 2.53. The number of nitrogens with zero attached hydrogens (tertiary/aromatic N) is 3. The quantitative estimate of drug-likeness (QED) is 0.673. The molecule has 66 valence electrons. The number of aryl methyl sites for hydroxylation is 1. The minimum Gasteiger partial charge on any atom is -0.332 e. The van der Waals surface area contributed by atoms with Crippen molar-refractivity contribution in [3.8, 4) is 11.4 Å². The summed E-state index contributed by atoms with van der Waals surface area (Å²) in [5, 5.41) is 6.25. The summed E-state index contributed by atoms with van der Waals surface area (Å²) in [5.41, 5.74) is 1.38. The minimum absolute atomic E-state index is 0.203. The molecule has 0 aliphatic carbocycles. The van der Waals surface area contributed by atoms with Gasteiger partial charge >= 0.3 is 0 Å². The molecule has 2 rings (SSSR count). The molecule has 13 heavy (non-hydrogen) atoms. The van der Waals surface area contributed by atoms with E-state index in [0.29, 0.717) is 5.69 Å². The fraction of sp³-hybridized carbons (Fsp3) is 0.125. The zero-order chi connectivity index (χ0) is 9.26. The molecule has 2 aromatic heterocycles. The molecular weight excluding hydrogens is 168 g/mol. The molecule has 0 spiro atoms. The van der Waals surface area contributed by atoms with Crippen molar-refractivity contribution < 1.29 is 0 Å². The lowest BCUT2D eigenvalue weighted by atomic mass is 10.3. The lowest BCUT2D eigenvalue weighted by molar-refractivity contribution is 0.901. The fourth-order valence-electron chi connectivity index (χ4n) is 1.09. The maximum Gasteiger partial charge on any atom is 0.264 e. The molecule has 0 unspecified atom stereocenters. The van der Waals surface area contributed by atoms with Crippen molar-refractivity contribution in [2.24, 2.45) is 7.05 Å². The molecule has 0 amide bonds. The Morgan fingerprint density at radius 2 is 2.31 bits per heavy atom. The summed E-state index contributed by atoms with van der Waals surface area (Å²) in [6.45, 7) is 0. The minimum atomic E-state index is -0.203. The van der Waals surface area contributed by atoms with Gasteiger partial charge in [-0.25, -0.2) is 10.1 Å². The van der Waals surface area contributed by atoms with Crippen LogP contribution in [0, 0.1) is 0 Å². The zero-order valence-electron chi connectivity index (χ0n) is 7.06. The average molecular weight is 176 g/mol. The van der Waals surface area contributed by atoms with E-state index in [9.17, 15) is 4.79 Å². The maximum absolute atomic E-state index is 10.7. The Labute approximate surface area is 74.1 Å². The van der Waals surface area contributed by atoms with E-state index in [1.54, 1.807) is 18.6 Å². The highest BCUT2D eigenvalue weighted by Gasteiger charge is 2.02. The standard InChI is InChI=1S/C8H8N4O/c1-12-5-9-4-7(12)6-2-3-8(13)11-10-6/h2-5H,1H3,(H,11,13). The van der Waals surface area contributed by atoms with Crippen LogP contribution in [0.1, 0.15) is 0 Å². The van der Waals surface area contributed by atoms with E-state index in [1.165, 1.54) is 6.07 Å². The predicted octanol–water partition coefficient (Wildman–Crippen LogP) is 0.170. The molecule has 1 N–H and O–H groups in total. The third-order valence-electron chi connectivity index (χ3n) is 1.76. The third kappa shape index (κ3) is 1.35. The van der Waals surface area contributed by atoms with Gasteiger partial charge in [-0.2, -0.15) is 5.10 Å². The number of aromatic amines is 1. The molecule has 0 aliphatic heterocycles. The molecule has 0 saturated carbocycles. The van der Waals surface area contributed by atoms with E-state index in [2.05, 4.69) is 15.2 Å². The molecule has 0 fully saturated rings. The molecule has 0 aliphatic rings. The van der Waals surface area contributed by atoms with Crippen molar-refractivity contribution in [2.75, 3.05) is 0 Å². The van der Waals surface area contributed by atoms with Crippen LogP contribution >= 0.6 is 0 Å². The van der Waals surface area contributed by atoms with E-state index in [4.69, 9.17) is 0 Å². The maximum atomic E-state index is 10.7. The highest BCUT2D eigenvalue weighted by molar-refractivity contribution is 5.52. The fourth-order valence-corrected chi connectivity index (χ4v) is 1.09. The van der Waals surface area contributed by atoms with Gasteiger partial charge in [0.2, 0.25) is 0 Å². The van der Waals surface area contributed by atoms with Crippen LogP contribution in [0.15, 0.2) is 29.5 Å². The van der Waals surface area contributed by atoms with E-state index in [-0.39, 0.29) is 5.56 Å². The van der Waals surface area contributed by atoms with Gasteiger partial charge in [0.05, 0.1) is 18.2 Å². The molecule has 0 bridgehead atoms. The van der Waals surface area contributed by atoms with Crippen LogP contribution < -0.4 is 5.56 Å². The van der Waals surface area contributed by atoms with Crippen molar-refractivity contribution in [3.05, 3.63) is 35.0 Å². The van der Waals surface area contributed by atoms with Gasteiger partial charge in [-0.15, -0.1) is 0 Å². The second-order valence-electron chi connectivity index (χ2n) is 2.70. The van der Waals surface area contributed by atoms with E-state index in [0.717, 1.165) is 5.69 Å². The summed E-state index contributed by atoms with van der Waals surface area (Å²) in [6.07, 6.45) is 3.38. The first-order valence-electron chi connectivity index (χ1n) is 3.80. The largest absolute Gasteiger partial charge is 0.332 e. The van der Waals surface area contributed by atoms with Crippen LogP contribution in [0.3, 0.4) is 0 Å². The van der Waals surface area contributed by atoms with Crippen molar-refractivity contribution in [1.82, 2.24) is 19.7 Å². The first-order valence-corrected chi connectivity index (χ1v) is 3.80. The summed E-state index contributed by atoms with van der Waals surface area (Å²) in [4.78, 5) is 14.7. The van der Waals surface area contributed by atoms with Crippen molar-refractivity contribution >= 4 is 0 Å². The first kappa shape index (κ1) is 7.72. The Bertz CT molecular complexity index is 450. The number of hydrogen-bond acceptors (Lipinski definition) is 3. The van der Waals surface area contributed by atoms with Crippen LogP contribution in [-0.4, -0.2) is 19.7 Å². The van der Waals surface area contributed by atoms with Crippen molar-refractivity contribution in [1.29, 1.82) is 0 Å². The van der Waals surface area contributed by atoms with Crippen LogP contribution in [0.5, 0.6) is 0 Å². The topological polar surface area (TPSA) is 63.6 Å². The van der Waals surface area contributed by atoms with Crippen LogP contribution in [-0.2, 0) is 7.05 Å². The Kier molecular flexibility index (Phi) is 1.70. The second-order valence-corrected chi connectivity index (χ2v) is 2.70. The molecule has 0 aromatic carbocycles. The van der Waals surface area contributed by atoms with E-state index >= 15 is 0 Å². The van der Waals surface area contributed by atoms with Gasteiger partial charge in [0.25, 0.3) is 5.56 Å². The van der Waals surface area contributed by atoms with Gasteiger partial charge in [-0.05, 0) is 6.07 Å². The SMILES string of the molecule is Cn1cncc1-c1ccc(=O)[nH]n1. The number of H-pyrrole nitrogens is 1. The molecular formula is C8H8N4O. The second kappa shape index (κ2) is 2.85. The molecule has 5 nitrogen and oxygen atoms in total. The average Bonchev–Trinajstić information content (AvgIpc) is 2.53. The van der Waals surface area contributed by atoms with Crippen molar-refractivity contribution in [2.45, 2.75) is 0 Å². The van der Waals surface area contributed by atoms with Crippen LogP contribution in [0.4, 0.5) is 0 Å². The highest BCUT2D eigenvalue weighted by atomic mass is 16.1. The Hall–Kier alpha value is -1.91. The summed E-state index contributed by atoms with van der Waals surface area (Å²) in [5.74, 6) is 0. The number of rotatable bonds is 1. The third-order valence-corrected chi connectivity index (χ3v) is 1.76. The lowest BCUT2D eigenvalue weighted by Crippen LogP contribution is -2.06.